The molecule has 3 aliphatic rings. The summed E-state index contributed by atoms with van der Waals surface area (Å²) < 4.78 is 5.44. The highest BCUT2D eigenvalue weighted by Gasteiger charge is 2.29. The summed E-state index contributed by atoms with van der Waals surface area (Å²) in [5.41, 5.74) is 2.57. The van der Waals surface area contributed by atoms with Gasteiger partial charge in [-0.1, -0.05) is 0 Å². The summed E-state index contributed by atoms with van der Waals surface area (Å²) in [7, 11) is 2.13. The summed E-state index contributed by atoms with van der Waals surface area (Å²) in [6.07, 6.45) is 6.37. The Morgan fingerprint density at radius 3 is 2.89 bits per heavy atom. The Hall–Kier alpha value is -2.48. The van der Waals surface area contributed by atoms with Crippen molar-refractivity contribution in [3.05, 3.63) is 29.6 Å². The molecule has 0 saturated carbocycles. The fourth-order valence-corrected chi connectivity index (χ4v) is 4.38. The van der Waals surface area contributed by atoms with Gasteiger partial charge in [-0.3, -0.25) is 0 Å². The second-order valence-electron chi connectivity index (χ2n) is 7.84. The Labute approximate surface area is 165 Å². The Kier molecular flexibility index (Phi) is 4.72. The van der Waals surface area contributed by atoms with E-state index in [1.54, 1.807) is 0 Å². The number of hydrogen-bond acceptors (Lipinski definition) is 8. The first-order valence-electron chi connectivity index (χ1n) is 10.3. The fraction of sp³-hybridized carbons (Fsp3) is 0.600. The van der Waals surface area contributed by atoms with E-state index in [0.717, 1.165) is 76.2 Å². The van der Waals surface area contributed by atoms with Gasteiger partial charge in [0.1, 0.15) is 5.82 Å². The van der Waals surface area contributed by atoms with Crippen molar-refractivity contribution in [1.82, 2.24) is 20.2 Å². The molecule has 0 radical (unpaired) electrons. The lowest BCUT2D eigenvalue weighted by Crippen LogP contribution is -2.38. The standard InChI is InChI=1S/C20H27N7O/c1-25(18-5-7-21-20(22-18)26-9-11-28-12-10-26)16-6-8-27(14-16)19-13-15-3-2-4-17(15)23-24-19/h5,7,13,16H,2-4,6,8-12,14H2,1H3. The molecule has 1 aliphatic carbocycles. The van der Waals surface area contributed by atoms with E-state index >= 15 is 0 Å². The van der Waals surface area contributed by atoms with Gasteiger partial charge in [-0.15, -0.1) is 5.10 Å². The number of aryl methyl sites for hydroxylation is 2. The van der Waals surface area contributed by atoms with Crippen LogP contribution >= 0.6 is 0 Å². The third-order valence-electron chi connectivity index (χ3n) is 6.13. The summed E-state index contributed by atoms with van der Waals surface area (Å²) >= 11 is 0. The molecule has 8 heteroatoms. The van der Waals surface area contributed by atoms with Gasteiger partial charge in [-0.25, -0.2) is 4.98 Å². The van der Waals surface area contributed by atoms with Crippen molar-refractivity contribution in [3.8, 4) is 0 Å². The topological polar surface area (TPSA) is 70.5 Å². The molecule has 0 amide bonds. The maximum absolute atomic E-state index is 5.44. The predicted molar refractivity (Wildman–Crippen MR) is 108 cm³/mol. The highest BCUT2D eigenvalue weighted by Crippen LogP contribution is 2.27. The van der Waals surface area contributed by atoms with Gasteiger partial charge in [-0.05, 0) is 43.4 Å². The van der Waals surface area contributed by atoms with Gasteiger partial charge in [0.25, 0.3) is 0 Å². The Bertz CT molecular complexity index is 839. The van der Waals surface area contributed by atoms with Gasteiger partial charge in [0.05, 0.1) is 18.9 Å². The molecule has 0 aromatic carbocycles. The quantitative estimate of drug-likeness (QED) is 0.785. The number of hydrogen-bond donors (Lipinski definition) is 0. The lowest BCUT2D eigenvalue weighted by Gasteiger charge is -2.29. The molecular weight excluding hydrogens is 354 g/mol. The van der Waals surface area contributed by atoms with Crippen LogP contribution in [0.3, 0.4) is 0 Å². The summed E-state index contributed by atoms with van der Waals surface area (Å²) in [5, 5.41) is 8.94. The molecule has 2 aromatic heterocycles. The molecule has 0 N–H and O–H groups in total. The number of anilines is 3. The summed E-state index contributed by atoms with van der Waals surface area (Å²) in [6.45, 7) is 5.12. The van der Waals surface area contributed by atoms with Crippen molar-refractivity contribution >= 4 is 17.6 Å². The molecule has 148 valence electrons. The number of fused-ring (bicyclic) bond motifs is 1. The van der Waals surface area contributed by atoms with Crippen LogP contribution in [0.2, 0.25) is 0 Å². The van der Waals surface area contributed by atoms with E-state index in [4.69, 9.17) is 9.72 Å². The molecule has 2 aliphatic heterocycles. The average Bonchev–Trinajstić information content (AvgIpc) is 3.43. The first-order chi connectivity index (χ1) is 13.8. The van der Waals surface area contributed by atoms with E-state index in [1.807, 2.05) is 12.3 Å². The first kappa shape index (κ1) is 17.6. The molecule has 1 atom stereocenters. The second kappa shape index (κ2) is 7.50. The maximum Gasteiger partial charge on any atom is 0.227 e. The van der Waals surface area contributed by atoms with Crippen molar-refractivity contribution in [2.24, 2.45) is 0 Å². The van der Waals surface area contributed by atoms with Crippen LogP contribution in [0.15, 0.2) is 18.3 Å². The fourth-order valence-electron chi connectivity index (χ4n) is 4.38. The summed E-state index contributed by atoms with van der Waals surface area (Å²) in [5.74, 6) is 2.80. The minimum absolute atomic E-state index is 0.405. The van der Waals surface area contributed by atoms with E-state index in [9.17, 15) is 0 Å². The average molecular weight is 381 g/mol. The zero-order valence-corrected chi connectivity index (χ0v) is 16.4. The molecule has 4 heterocycles. The Morgan fingerprint density at radius 1 is 1.11 bits per heavy atom. The maximum atomic E-state index is 5.44. The molecule has 2 saturated heterocycles. The van der Waals surface area contributed by atoms with E-state index < -0.39 is 0 Å². The predicted octanol–water partition coefficient (Wildman–Crippen LogP) is 1.31. The van der Waals surface area contributed by atoms with E-state index in [0.29, 0.717) is 6.04 Å². The van der Waals surface area contributed by atoms with Crippen LogP contribution in [0.5, 0.6) is 0 Å². The normalized spacial score (nSPS) is 21.8. The lowest BCUT2D eigenvalue weighted by molar-refractivity contribution is 0.122. The smallest absolute Gasteiger partial charge is 0.227 e. The largest absolute Gasteiger partial charge is 0.378 e. The number of rotatable bonds is 4. The highest BCUT2D eigenvalue weighted by molar-refractivity contribution is 5.48. The molecule has 0 bridgehead atoms. The van der Waals surface area contributed by atoms with Crippen molar-refractivity contribution in [3.63, 3.8) is 0 Å². The van der Waals surface area contributed by atoms with Crippen LogP contribution in [0.1, 0.15) is 24.1 Å². The van der Waals surface area contributed by atoms with Gasteiger partial charge < -0.3 is 19.4 Å². The van der Waals surface area contributed by atoms with Gasteiger partial charge in [0, 0.05) is 45.5 Å². The molecule has 8 nitrogen and oxygen atoms in total. The van der Waals surface area contributed by atoms with Crippen LogP contribution in [-0.2, 0) is 17.6 Å². The van der Waals surface area contributed by atoms with E-state index in [-0.39, 0.29) is 0 Å². The Balaban J connectivity index is 1.28. The van der Waals surface area contributed by atoms with Crippen molar-refractivity contribution in [2.75, 3.05) is 61.1 Å². The van der Waals surface area contributed by atoms with Crippen LogP contribution in [0.25, 0.3) is 0 Å². The summed E-state index contributed by atoms with van der Waals surface area (Å²) in [6, 6.07) is 4.66. The zero-order chi connectivity index (χ0) is 18.9. The van der Waals surface area contributed by atoms with Gasteiger partial charge in [0.15, 0.2) is 5.82 Å². The van der Waals surface area contributed by atoms with Crippen LogP contribution < -0.4 is 14.7 Å². The Morgan fingerprint density at radius 2 is 2.00 bits per heavy atom. The number of likely N-dealkylation sites (N-methyl/N-ethyl adjacent to an activating group) is 1. The molecular formula is C20H27N7O. The SMILES string of the molecule is CN(c1ccnc(N2CCOCC2)n1)C1CCN(c2cc3c(nn2)CCC3)C1. The van der Waals surface area contributed by atoms with Crippen molar-refractivity contribution in [1.29, 1.82) is 0 Å². The number of ether oxygens (including phenoxy) is 1. The number of aromatic nitrogens is 4. The van der Waals surface area contributed by atoms with Gasteiger partial charge in [-0.2, -0.15) is 10.1 Å². The minimum Gasteiger partial charge on any atom is -0.378 e. The molecule has 1 unspecified atom stereocenters. The third kappa shape index (κ3) is 3.37. The van der Waals surface area contributed by atoms with Crippen molar-refractivity contribution in [2.45, 2.75) is 31.7 Å². The van der Waals surface area contributed by atoms with Gasteiger partial charge >= 0.3 is 0 Å². The molecule has 28 heavy (non-hydrogen) atoms. The van der Waals surface area contributed by atoms with Crippen LogP contribution in [-0.4, -0.2) is 72.6 Å². The molecule has 2 aromatic rings. The minimum atomic E-state index is 0.405. The van der Waals surface area contributed by atoms with E-state index in [2.05, 4.69) is 43.0 Å². The monoisotopic (exact) mass is 381 g/mol. The second-order valence-corrected chi connectivity index (χ2v) is 7.84. The number of morpholine rings is 1. The lowest BCUT2D eigenvalue weighted by atomic mass is 10.2. The zero-order valence-electron chi connectivity index (χ0n) is 16.4. The van der Waals surface area contributed by atoms with Crippen LogP contribution in [0.4, 0.5) is 17.6 Å². The molecule has 0 spiro atoms. The molecule has 5 rings (SSSR count). The van der Waals surface area contributed by atoms with E-state index in [1.165, 1.54) is 17.7 Å². The molecule has 2 fully saturated rings. The number of nitrogens with zero attached hydrogens (tertiary/aromatic N) is 7. The first-order valence-corrected chi connectivity index (χ1v) is 10.3. The van der Waals surface area contributed by atoms with Crippen molar-refractivity contribution < 1.29 is 4.74 Å². The van der Waals surface area contributed by atoms with Crippen LogP contribution in [0, 0.1) is 0 Å². The van der Waals surface area contributed by atoms with Gasteiger partial charge in [0.2, 0.25) is 5.95 Å². The highest BCUT2D eigenvalue weighted by atomic mass is 16.5. The summed E-state index contributed by atoms with van der Waals surface area (Å²) in [4.78, 5) is 16.1. The third-order valence-corrected chi connectivity index (χ3v) is 6.13.